The summed E-state index contributed by atoms with van der Waals surface area (Å²) in [6, 6.07) is 4.59. The number of hydrogen-bond donors (Lipinski definition) is 3. The number of piperazine rings is 1. The van der Waals surface area contributed by atoms with Crippen LogP contribution in [0.3, 0.4) is 0 Å². The van der Waals surface area contributed by atoms with Crippen LogP contribution >= 0.6 is 11.6 Å². The molecule has 2 amide bonds. The lowest BCUT2D eigenvalue weighted by molar-refractivity contribution is -0.678. The molecule has 108 valence electrons. The summed E-state index contributed by atoms with van der Waals surface area (Å²) in [6.07, 6.45) is 0.113. The van der Waals surface area contributed by atoms with Crippen LogP contribution < -0.4 is 20.7 Å². The first kappa shape index (κ1) is 14.6. The summed E-state index contributed by atoms with van der Waals surface area (Å²) >= 11 is 5.90. The molecule has 2 rings (SSSR count). The zero-order chi connectivity index (χ0) is 14.5. The molecule has 4 N–H and O–H groups in total. The first-order valence-corrected chi connectivity index (χ1v) is 6.72. The van der Waals surface area contributed by atoms with Gasteiger partial charge in [0, 0.05) is 5.02 Å². The molecule has 20 heavy (non-hydrogen) atoms. The number of rotatable bonds is 4. The van der Waals surface area contributed by atoms with E-state index in [1.54, 1.807) is 18.2 Å². The highest BCUT2D eigenvalue weighted by molar-refractivity contribution is 6.31. The maximum Gasteiger partial charge on any atom is 0.278 e. The van der Waals surface area contributed by atoms with Crippen molar-refractivity contribution >= 4 is 29.1 Å². The normalized spacial score (nSPS) is 18.3. The molecule has 1 fully saturated rings. The fraction of sp³-hybridized carbons (Fsp3) is 0.385. The summed E-state index contributed by atoms with van der Waals surface area (Å²) in [6.45, 7) is 1.42. The lowest BCUT2D eigenvalue weighted by Gasteiger charge is -2.20. The Balaban J connectivity index is 2.00. The van der Waals surface area contributed by atoms with E-state index in [9.17, 15) is 9.59 Å². The lowest BCUT2D eigenvalue weighted by atomic mass is 10.1. The summed E-state index contributed by atoms with van der Waals surface area (Å²) in [4.78, 5) is 23.6. The number of amides is 2. The Morgan fingerprint density at radius 3 is 3.10 bits per heavy atom. The van der Waals surface area contributed by atoms with Gasteiger partial charge in [0.1, 0.15) is 5.75 Å². The van der Waals surface area contributed by atoms with Gasteiger partial charge in [0.15, 0.2) is 6.04 Å². The number of carbonyl (C=O) groups is 2. The predicted molar refractivity (Wildman–Crippen MR) is 74.8 cm³/mol. The van der Waals surface area contributed by atoms with Gasteiger partial charge in [-0.25, -0.2) is 0 Å². The second-order valence-electron chi connectivity index (χ2n) is 4.52. The maximum atomic E-state index is 12.0. The van der Waals surface area contributed by atoms with E-state index in [0.717, 1.165) is 6.54 Å². The van der Waals surface area contributed by atoms with E-state index in [0.29, 0.717) is 23.0 Å². The summed E-state index contributed by atoms with van der Waals surface area (Å²) in [5.41, 5.74) is 0.501. The Morgan fingerprint density at radius 2 is 2.40 bits per heavy atom. The van der Waals surface area contributed by atoms with Crippen molar-refractivity contribution in [3.8, 4) is 5.75 Å². The van der Waals surface area contributed by atoms with Crippen molar-refractivity contribution in [1.29, 1.82) is 0 Å². The van der Waals surface area contributed by atoms with Crippen LogP contribution in [-0.2, 0) is 9.59 Å². The molecule has 0 radical (unpaired) electrons. The van der Waals surface area contributed by atoms with Gasteiger partial charge in [0.25, 0.3) is 5.91 Å². The third-order valence-electron chi connectivity index (χ3n) is 3.07. The van der Waals surface area contributed by atoms with Crippen LogP contribution in [0.5, 0.6) is 5.75 Å². The molecule has 1 aromatic carbocycles. The van der Waals surface area contributed by atoms with E-state index in [1.165, 1.54) is 7.11 Å². The number of anilines is 1. The first-order chi connectivity index (χ1) is 9.60. The Bertz CT molecular complexity index is 522. The van der Waals surface area contributed by atoms with Gasteiger partial charge in [-0.2, -0.15) is 0 Å². The quantitative estimate of drug-likeness (QED) is 0.716. The van der Waals surface area contributed by atoms with E-state index in [4.69, 9.17) is 16.3 Å². The fourth-order valence-electron chi connectivity index (χ4n) is 2.07. The average molecular weight is 299 g/mol. The zero-order valence-electron chi connectivity index (χ0n) is 11.1. The molecule has 0 bridgehead atoms. The SMILES string of the molecule is COc1ccc(Cl)cc1NC(=O)C[C@@H]1[NH2+]CCNC1=O. The number of benzene rings is 1. The number of nitrogens with two attached hydrogens (primary N) is 1. The molecule has 1 aliphatic rings. The minimum absolute atomic E-state index is 0.107. The van der Waals surface area contributed by atoms with Crippen molar-refractivity contribution in [2.75, 3.05) is 25.5 Å². The highest BCUT2D eigenvalue weighted by Crippen LogP contribution is 2.27. The maximum absolute atomic E-state index is 12.0. The summed E-state index contributed by atoms with van der Waals surface area (Å²) in [5.74, 6) is 0.174. The van der Waals surface area contributed by atoms with Gasteiger partial charge >= 0.3 is 0 Å². The molecule has 1 heterocycles. The van der Waals surface area contributed by atoms with Crippen molar-refractivity contribution < 1.29 is 19.6 Å². The molecule has 0 aromatic heterocycles. The first-order valence-electron chi connectivity index (χ1n) is 6.34. The number of halogens is 1. The molecule has 0 aliphatic carbocycles. The van der Waals surface area contributed by atoms with Crippen molar-refractivity contribution in [1.82, 2.24) is 5.32 Å². The molecule has 0 unspecified atom stereocenters. The van der Waals surface area contributed by atoms with Crippen LogP contribution in [0.15, 0.2) is 18.2 Å². The molecule has 1 atom stereocenters. The van der Waals surface area contributed by atoms with Gasteiger partial charge in [-0.3, -0.25) is 9.59 Å². The Morgan fingerprint density at radius 1 is 1.60 bits per heavy atom. The monoisotopic (exact) mass is 298 g/mol. The van der Waals surface area contributed by atoms with Gasteiger partial charge in [0.2, 0.25) is 5.91 Å². The van der Waals surface area contributed by atoms with E-state index in [1.807, 2.05) is 5.32 Å². The number of methoxy groups -OCH3 is 1. The second kappa shape index (κ2) is 6.58. The lowest BCUT2D eigenvalue weighted by Crippen LogP contribution is -2.96. The van der Waals surface area contributed by atoms with Gasteiger partial charge < -0.3 is 20.7 Å². The molecular formula is C13H17ClN3O3+. The van der Waals surface area contributed by atoms with Crippen molar-refractivity contribution in [2.45, 2.75) is 12.5 Å². The van der Waals surface area contributed by atoms with Gasteiger partial charge in [-0.15, -0.1) is 0 Å². The molecule has 6 nitrogen and oxygen atoms in total. The molecule has 1 saturated heterocycles. The molecule has 0 saturated carbocycles. The smallest absolute Gasteiger partial charge is 0.278 e. The van der Waals surface area contributed by atoms with Crippen LogP contribution in [0.1, 0.15) is 6.42 Å². The summed E-state index contributed by atoms with van der Waals surface area (Å²) in [7, 11) is 1.52. The van der Waals surface area contributed by atoms with Crippen LogP contribution in [0, 0.1) is 0 Å². The van der Waals surface area contributed by atoms with Gasteiger partial charge in [0.05, 0.1) is 32.3 Å². The number of quaternary nitrogens is 1. The third-order valence-corrected chi connectivity index (χ3v) is 3.31. The number of nitrogens with one attached hydrogen (secondary N) is 2. The van der Waals surface area contributed by atoms with Crippen LogP contribution in [-0.4, -0.2) is 38.1 Å². The molecule has 0 spiro atoms. The topological polar surface area (TPSA) is 84.0 Å². The predicted octanol–water partition coefficient (Wildman–Crippen LogP) is -0.261. The van der Waals surface area contributed by atoms with Crippen molar-refractivity contribution in [2.24, 2.45) is 0 Å². The third kappa shape index (κ3) is 3.61. The van der Waals surface area contributed by atoms with Gasteiger partial charge in [-0.05, 0) is 18.2 Å². The van der Waals surface area contributed by atoms with Gasteiger partial charge in [-0.1, -0.05) is 11.6 Å². The van der Waals surface area contributed by atoms with Crippen LogP contribution in [0.4, 0.5) is 5.69 Å². The number of carbonyl (C=O) groups excluding carboxylic acids is 2. The molecular weight excluding hydrogens is 282 g/mol. The van der Waals surface area contributed by atoms with E-state index in [-0.39, 0.29) is 24.3 Å². The zero-order valence-corrected chi connectivity index (χ0v) is 11.9. The minimum Gasteiger partial charge on any atom is -0.495 e. The standard InChI is InChI=1S/C13H16ClN3O3/c1-20-11-3-2-8(14)6-9(11)17-12(18)7-10-13(19)16-5-4-15-10/h2-3,6,10,15H,4-5,7H2,1H3,(H,16,19)(H,17,18)/p+1/t10-/m0/s1. The molecule has 1 aromatic rings. The van der Waals surface area contributed by atoms with Crippen molar-refractivity contribution in [3.05, 3.63) is 23.2 Å². The largest absolute Gasteiger partial charge is 0.495 e. The van der Waals surface area contributed by atoms with Crippen molar-refractivity contribution in [3.63, 3.8) is 0 Å². The minimum atomic E-state index is -0.381. The second-order valence-corrected chi connectivity index (χ2v) is 4.96. The molecule has 1 aliphatic heterocycles. The highest BCUT2D eigenvalue weighted by Gasteiger charge is 2.28. The summed E-state index contributed by atoms with van der Waals surface area (Å²) < 4.78 is 5.15. The highest BCUT2D eigenvalue weighted by atomic mass is 35.5. The van der Waals surface area contributed by atoms with E-state index in [2.05, 4.69) is 10.6 Å². The Labute approximate surface area is 121 Å². The molecule has 7 heteroatoms. The Kier molecular flexibility index (Phi) is 4.81. The van der Waals surface area contributed by atoms with E-state index >= 15 is 0 Å². The number of ether oxygens (including phenoxy) is 1. The van der Waals surface area contributed by atoms with E-state index < -0.39 is 0 Å². The number of hydrogen-bond acceptors (Lipinski definition) is 3. The van der Waals surface area contributed by atoms with Crippen LogP contribution in [0.25, 0.3) is 0 Å². The fourth-order valence-corrected chi connectivity index (χ4v) is 2.25. The average Bonchev–Trinajstić information content (AvgIpc) is 2.41. The summed E-state index contributed by atoms with van der Waals surface area (Å²) in [5, 5.41) is 7.83. The van der Waals surface area contributed by atoms with Crippen LogP contribution in [0.2, 0.25) is 5.02 Å². The Hall–Kier alpha value is -1.79.